The lowest BCUT2D eigenvalue weighted by molar-refractivity contribution is -0.866. The third-order valence-corrected chi connectivity index (χ3v) is 5.52. The summed E-state index contributed by atoms with van der Waals surface area (Å²) in [5.41, 5.74) is 3.61. The summed E-state index contributed by atoms with van der Waals surface area (Å²) >= 11 is 0. The first-order valence-corrected chi connectivity index (χ1v) is 10.7. The number of halogens is 3. The molecule has 2 unspecified atom stereocenters. The lowest BCUT2D eigenvalue weighted by atomic mass is 10.2. The van der Waals surface area contributed by atoms with Crippen LogP contribution < -0.4 is 25.6 Å². The minimum atomic E-state index is -3.17. The van der Waals surface area contributed by atoms with E-state index in [0.717, 1.165) is 0 Å². The van der Waals surface area contributed by atoms with E-state index < -0.39 is 30.3 Å². The number of carbonyl (C=O) groups is 3. The number of ether oxygens (including phenoxy) is 1. The number of hydrogen-bond donors (Lipinski definition) is 3. The molecule has 0 radical (unpaired) electrons. The second-order valence-electron chi connectivity index (χ2n) is 7.83. The number of anilines is 2. The minimum absolute atomic E-state index is 0.0319. The molecule has 1 aromatic carbocycles. The number of amides is 3. The molecule has 0 bridgehead atoms. The quantitative estimate of drug-likeness (QED) is 0.394. The Morgan fingerprint density at radius 2 is 2.14 bits per heavy atom. The third kappa shape index (κ3) is 5.83. The Morgan fingerprint density at radius 3 is 2.86 bits per heavy atom. The standard InChI is InChI=1S/C19H22F3N9O4/c20-14-7-12(29-9-13(35-19(29)34)8-23-18(33)17(21)22)1-2-15(14)28-4-3-25-30(6-5-28)16(32)10-31-26-11-24-27-31/h1-2,7,11,13,17,25H,3-6,8-10H2,(H,23,33)/p+1. The fourth-order valence-electron chi connectivity index (χ4n) is 3.80. The number of tetrazole rings is 1. The zero-order chi connectivity index (χ0) is 24.9. The SMILES string of the molecule is O=C(NCC1CN(c2ccc(N3CCN[NH+](C(=O)Cn4ncnn4)CC3)c(F)c2)C(=O)O1)C(F)F. The Bertz CT molecular complexity index is 1070. The number of carbonyl (C=O) groups excluding carboxylic acids is 3. The van der Waals surface area contributed by atoms with E-state index in [9.17, 15) is 23.2 Å². The van der Waals surface area contributed by atoms with Gasteiger partial charge in [-0.3, -0.25) is 9.69 Å². The molecule has 2 aliphatic rings. The number of aromatic nitrogens is 4. The molecule has 3 amide bonds. The Balaban J connectivity index is 1.35. The van der Waals surface area contributed by atoms with Crippen molar-refractivity contribution in [2.75, 3.05) is 49.1 Å². The largest absolute Gasteiger partial charge is 0.442 e. The van der Waals surface area contributed by atoms with Crippen molar-refractivity contribution in [1.82, 2.24) is 30.9 Å². The van der Waals surface area contributed by atoms with Crippen LogP contribution in [0.1, 0.15) is 0 Å². The number of benzene rings is 1. The summed E-state index contributed by atoms with van der Waals surface area (Å²) in [6.45, 7) is 1.23. The Morgan fingerprint density at radius 1 is 1.31 bits per heavy atom. The van der Waals surface area contributed by atoms with Gasteiger partial charge < -0.3 is 15.0 Å². The molecule has 0 aliphatic carbocycles. The van der Waals surface area contributed by atoms with Gasteiger partial charge in [-0.05, 0) is 23.4 Å². The van der Waals surface area contributed by atoms with Crippen LogP contribution in [-0.4, -0.2) is 89.9 Å². The molecule has 1 aromatic heterocycles. The van der Waals surface area contributed by atoms with Crippen molar-refractivity contribution in [2.45, 2.75) is 19.1 Å². The zero-order valence-corrected chi connectivity index (χ0v) is 18.4. The predicted octanol–water partition coefficient (Wildman–Crippen LogP) is -2.04. The summed E-state index contributed by atoms with van der Waals surface area (Å²) in [7, 11) is 0. The summed E-state index contributed by atoms with van der Waals surface area (Å²) in [6, 6.07) is 4.25. The van der Waals surface area contributed by atoms with Gasteiger partial charge in [0.2, 0.25) is 0 Å². The second-order valence-corrected chi connectivity index (χ2v) is 7.83. The number of quaternary nitrogens is 1. The molecule has 188 valence electrons. The number of nitrogens with one attached hydrogen (secondary N) is 3. The van der Waals surface area contributed by atoms with Crippen molar-refractivity contribution in [3.05, 3.63) is 30.3 Å². The lowest BCUT2D eigenvalue weighted by Gasteiger charge is -2.23. The van der Waals surface area contributed by atoms with Gasteiger partial charge in [0, 0.05) is 6.54 Å². The molecule has 2 fully saturated rings. The molecular weight excluding hydrogens is 475 g/mol. The van der Waals surface area contributed by atoms with Crippen LogP contribution >= 0.6 is 0 Å². The maximum absolute atomic E-state index is 15.0. The predicted molar refractivity (Wildman–Crippen MR) is 112 cm³/mol. The van der Waals surface area contributed by atoms with Gasteiger partial charge in [-0.15, -0.1) is 10.2 Å². The molecule has 2 aromatic rings. The highest BCUT2D eigenvalue weighted by molar-refractivity contribution is 5.90. The van der Waals surface area contributed by atoms with Crippen molar-refractivity contribution in [2.24, 2.45) is 0 Å². The van der Waals surface area contributed by atoms with Gasteiger partial charge in [-0.25, -0.2) is 14.0 Å². The highest BCUT2D eigenvalue weighted by Crippen LogP contribution is 2.28. The second kappa shape index (κ2) is 10.6. The Kier molecular flexibility index (Phi) is 7.40. The molecule has 0 saturated carbocycles. The maximum Gasteiger partial charge on any atom is 0.414 e. The summed E-state index contributed by atoms with van der Waals surface area (Å²) < 4.78 is 44.7. The van der Waals surface area contributed by atoms with Crippen LogP contribution in [0.25, 0.3) is 0 Å². The molecule has 4 rings (SSSR count). The molecule has 3 N–H and O–H groups in total. The van der Waals surface area contributed by atoms with E-state index in [1.54, 1.807) is 11.0 Å². The first-order valence-electron chi connectivity index (χ1n) is 10.7. The zero-order valence-electron chi connectivity index (χ0n) is 18.4. The number of rotatable bonds is 7. The van der Waals surface area contributed by atoms with Crippen LogP contribution in [0.3, 0.4) is 0 Å². The van der Waals surface area contributed by atoms with Gasteiger partial charge in [0.15, 0.2) is 12.9 Å². The molecule has 35 heavy (non-hydrogen) atoms. The van der Waals surface area contributed by atoms with Crippen LogP contribution in [0.15, 0.2) is 24.5 Å². The van der Waals surface area contributed by atoms with Crippen LogP contribution in [0, 0.1) is 5.82 Å². The monoisotopic (exact) mass is 498 g/mol. The molecule has 16 heteroatoms. The van der Waals surface area contributed by atoms with Crippen molar-refractivity contribution in [3.8, 4) is 0 Å². The molecule has 2 aliphatic heterocycles. The van der Waals surface area contributed by atoms with Gasteiger partial charge in [-0.1, -0.05) is 0 Å². The number of nitrogens with zero attached hydrogens (tertiary/aromatic N) is 6. The number of cyclic esters (lactones) is 1. The van der Waals surface area contributed by atoms with E-state index in [1.165, 1.54) is 28.2 Å². The Hall–Kier alpha value is -3.79. The minimum Gasteiger partial charge on any atom is -0.442 e. The number of alkyl halides is 2. The van der Waals surface area contributed by atoms with E-state index in [-0.39, 0.29) is 31.2 Å². The summed E-state index contributed by atoms with van der Waals surface area (Å²) in [5, 5.41) is 13.5. The molecule has 13 nitrogen and oxygen atoms in total. The van der Waals surface area contributed by atoms with Crippen LogP contribution in [-0.2, 0) is 20.9 Å². The van der Waals surface area contributed by atoms with Crippen LogP contribution in [0.2, 0.25) is 0 Å². The van der Waals surface area contributed by atoms with Gasteiger partial charge in [-0.2, -0.15) is 24.0 Å². The molecule has 2 saturated heterocycles. The molecule has 0 spiro atoms. The molecule has 3 heterocycles. The fraction of sp³-hybridized carbons (Fsp3) is 0.474. The summed E-state index contributed by atoms with van der Waals surface area (Å²) in [4.78, 5) is 39.8. The summed E-state index contributed by atoms with van der Waals surface area (Å²) in [6.07, 6.45) is -3.55. The van der Waals surface area contributed by atoms with E-state index in [1.807, 2.05) is 5.32 Å². The van der Waals surface area contributed by atoms with Crippen LogP contribution in [0.4, 0.5) is 29.3 Å². The van der Waals surface area contributed by atoms with E-state index >= 15 is 4.39 Å². The normalized spacial score (nSPS) is 20.6. The average Bonchev–Trinajstić information content (AvgIpc) is 3.39. The third-order valence-electron chi connectivity index (χ3n) is 5.52. The highest BCUT2D eigenvalue weighted by Gasteiger charge is 2.34. The molecular formula is C19H23F3N9O4+. The lowest BCUT2D eigenvalue weighted by Crippen LogP contribution is -3.21. The topological polar surface area (TPSA) is 139 Å². The van der Waals surface area contributed by atoms with Gasteiger partial charge in [0.1, 0.15) is 18.5 Å². The maximum atomic E-state index is 15.0. The van der Waals surface area contributed by atoms with Gasteiger partial charge >= 0.3 is 18.4 Å². The summed E-state index contributed by atoms with van der Waals surface area (Å²) in [5.74, 6) is -2.22. The van der Waals surface area contributed by atoms with Gasteiger partial charge in [0.05, 0.1) is 37.6 Å². The highest BCUT2D eigenvalue weighted by atomic mass is 19.3. The van der Waals surface area contributed by atoms with Gasteiger partial charge in [0.25, 0.3) is 5.91 Å². The van der Waals surface area contributed by atoms with Crippen molar-refractivity contribution in [1.29, 1.82) is 0 Å². The fourth-order valence-corrected chi connectivity index (χ4v) is 3.80. The van der Waals surface area contributed by atoms with E-state index in [0.29, 0.717) is 36.9 Å². The van der Waals surface area contributed by atoms with Crippen molar-refractivity contribution < 1.29 is 37.3 Å². The van der Waals surface area contributed by atoms with Crippen molar-refractivity contribution >= 4 is 29.3 Å². The van der Waals surface area contributed by atoms with Crippen LogP contribution in [0.5, 0.6) is 0 Å². The first kappa shape index (κ1) is 24.3. The average molecular weight is 498 g/mol. The van der Waals surface area contributed by atoms with Crippen molar-refractivity contribution in [3.63, 3.8) is 0 Å². The molecule has 2 atom stereocenters. The van der Waals surface area contributed by atoms with E-state index in [2.05, 4.69) is 20.8 Å². The smallest absolute Gasteiger partial charge is 0.414 e. The van der Waals surface area contributed by atoms with E-state index in [4.69, 9.17) is 4.74 Å². The Labute approximate surface area is 196 Å². The first-order chi connectivity index (χ1) is 16.8. The number of hydrogen-bond acceptors (Lipinski definition) is 9.